The van der Waals surface area contributed by atoms with E-state index in [0.29, 0.717) is 13.1 Å². The van der Waals surface area contributed by atoms with E-state index < -0.39 is 16.8 Å². The topological polar surface area (TPSA) is 75.5 Å². The van der Waals surface area contributed by atoms with E-state index in [0.717, 1.165) is 43.9 Å². The Morgan fingerprint density at radius 3 is 2.50 bits per heavy atom. The second-order valence-electron chi connectivity index (χ2n) is 4.75. The van der Waals surface area contributed by atoms with E-state index in [4.69, 9.17) is 0 Å². The summed E-state index contributed by atoms with van der Waals surface area (Å²) in [6, 6.07) is 2.60. The number of rotatable bonds is 2. The van der Waals surface area contributed by atoms with E-state index >= 15 is 0 Å². The third-order valence-corrected chi connectivity index (χ3v) is 3.29. The van der Waals surface area contributed by atoms with Gasteiger partial charge in [0.25, 0.3) is 5.69 Å². The molecule has 2 rings (SSSR count). The smallest absolute Gasteiger partial charge is 0.322 e. The Morgan fingerprint density at radius 2 is 1.90 bits per heavy atom. The van der Waals surface area contributed by atoms with Gasteiger partial charge in [-0.05, 0) is 18.9 Å². The number of hydrogen-bond acceptors (Lipinski definition) is 3. The van der Waals surface area contributed by atoms with E-state index in [-0.39, 0.29) is 11.4 Å². The summed E-state index contributed by atoms with van der Waals surface area (Å²) in [5.74, 6) is -0.623. The van der Waals surface area contributed by atoms with Crippen molar-refractivity contribution in [3.8, 4) is 0 Å². The Morgan fingerprint density at radius 1 is 1.25 bits per heavy atom. The summed E-state index contributed by atoms with van der Waals surface area (Å²) < 4.78 is 13.2. The minimum atomic E-state index is -0.641. The fourth-order valence-corrected chi connectivity index (χ4v) is 2.24. The normalized spacial score (nSPS) is 15.6. The molecule has 0 radical (unpaired) electrons. The van der Waals surface area contributed by atoms with Crippen LogP contribution >= 0.6 is 0 Å². The minimum absolute atomic E-state index is 0.107. The SMILES string of the molecule is O=C(Nc1cc(F)ccc1[N+](=O)[O-])N1CCCCCC1. The molecule has 1 aliphatic heterocycles. The largest absolute Gasteiger partial charge is 0.325 e. The van der Waals surface area contributed by atoms with Crippen molar-refractivity contribution < 1.29 is 14.1 Å². The monoisotopic (exact) mass is 281 g/mol. The highest BCUT2D eigenvalue weighted by Crippen LogP contribution is 2.25. The Kier molecular flexibility index (Phi) is 4.49. The third kappa shape index (κ3) is 3.43. The van der Waals surface area contributed by atoms with Crippen molar-refractivity contribution in [1.29, 1.82) is 0 Å². The number of nitrogens with one attached hydrogen (secondary N) is 1. The summed E-state index contributed by atoms with van der Waals surface area (Å²) in [7, 11) is 0. The van der Waals surface area contributed by atoms with Crippen molar-refractivity contribution in [2.75, 3.05) is 18.4 Å². The second kappa shape index (κ2) is 6.31. The number of carbonyl (C=O) groups is 1. The van der Waals surface area contributed by atoms with Gasteiger partial charge in [0, 0.05) is 25.2 Å². The van der Waals surface area contributed by atoms with E-state index in [9.17, 15) is 19.3 Å². The van der Waals surface area contributed by atoms with Crippen LogP contribution in [0.1, 0.15) is 25.7 Å². The molecular formula is C13H16FN3O3. The second-order valence-corrected chi connectivity index (χ2v) is 4.75. The lowest BCUT2D eigenvalue weighted by Crippen LogP contribution is -2.35. The molecular weight excluding hydrogens is 265 g/mol. The lowest BCUT2D eigenvalue weighted by Gasteiger charge is -2.20. The van der Waals surface area contributed by atoms with Gasteiger partial charge in [0.1, 0.15) is 11.5 Å². The number of halogens is 1. The fourth-order valence-electron chi connectivity index (χ4n) is 2.24. The highest BCUT2D eigenvalue weighted by molar-refractivity contribution is 5.91. The molecule has 1 saturated heterocycles. The van der Waals surface area contributed by atoms with E-state index in [1.54, 1.807) is 4.90 Å². The standard InChI is InChI=1S/C13H16FN3O3/c14-10-5-6-12(17(19)20)11(9-10)15-13(18)16-7-3-1-2-4-8-16/h5-6,9H,1-4,7-8H2,(H,15,18). The first-order valence-corrected chi connectivity index (χ1v) is 6.58. The molecule has 1 heterocycles. The van der Waals surface area contributed by atoms with Gasteiger partial charge in [-0.25, -0.2) is 9.18 Å². The molecule has 1 aromatic rings. The molecule has 1 N–H and O–H groups in total. The summed E-state index contributed by atoms with van der Waals surface area (Å²) in [6.45, 7) is 1.24. The van der Waals surface area contributed by atoms with Crippen LogP contribution in [0.3, 0.4) is 0 Å². The van der Waals surface area contributed by atoms with Gasteiger partial charge in [-0.15, -0.1) is 0 Å². The van der Waals surface area contributed by atoms with Gasteiger partial charge in [0.2, 0.25) is 0 Å². The first-order chi connectivity index (χ1) is 9.58. The summed E-state index contributed by atoms with van der Waals surface area (Å²) in [6.07, 6.45) is 3.98. The van der Waals surface area contributed by atoms with Crippen LogP contribution in [-0.4, -0.2) is 28.9 Å². The maximum atomic E-state index is 13.2. The van der Waals surface area contributed by atoms with E-state index in [2.05, 4.69) is 5.32 Å². The van der Waals surface area contributed by atoms with Gasteiger partial charge < -0.3 is 10.2 Å². The molecule has 1 aromatic carbocycles. The van der Waals surface area contributed by atoms with Crippen LogP contribution in [-0.2, 0) is 0 Å². The van der Waals surface area contributed by atoms with Crippen LogP contribution in [0.2, 0.25) is 0 Å². The molecule has 0 aliphatic carbocycles. The summed E-state index contributed by atoms with van der Waals surface area (Å²) in [4.78, 5) is 23.9. The van der Waals surface area contributed by atoms with Gasteiger partial charge in [-0.2, -0.15) is 0 Å². The molecule has 0 saturated carbocycles. The van der Waals surface area contributed by atoms with Crippen molar-refractivity contribution in [3.05, 3.63) is 34.1 Å². The average molecular weight is 281 g/mol. The first-order valence-electron chi connectivity index (χ1n) is 6.58. The van der Waals surface area contributed by atoms with Crippen LogP contribution in [0.5, 0.6) is 0 Å². The number of nitro groups is 1. The summed E-state index contributed by atoms with van der Waals surface area (Å²) in [5.41, 5.74) is -0.418. The molecule has 108 valence electrons. The van der Waals surface area contributed by atoms with Crippen LogP contribution in [0.15, 0.2) is 18.2 Å². The molecule has 0 unspecified atom stereocenters. The van der Waals surface area contributed by atoms with Crippen LogP contribution in [0.4, 0.5) is 20.6 Å². The zero-order valence-electron chi connectivity index (χ0n) is 11.0. The number of carbonyl (C=O) groups excluding carboxylic acids is 1. The maximum Gasteiger partial charge on any atom is 0.322 e. The highest BCUT2D eigenvalue weighted by Gasteiger charge is 2.20. The zero-order valence-corrected chi connectivity index (χ0v) is 11.0. The van der Waals surface area contributed by atoms with Crippen LogP contribution in [0, 0.1) is 15.9 Å². The molecule has 0 aromatic heterocycles. The van der Waals surface area contributed by atoms with Gasteiger partial charge in [0.05, 0.1) is 4.92 Å². The van der Waals surface area contributed by atoms with Crippen molar-refractivity contribution in [2.24, 2.45) is 0 Å². The summed E-state index contributed by atoms with van der Waals surface area (Å²) in [5, 5.41) is 13.3. The molecule has 0 spiro atoms. The lowest BCUT2D eigenvalue weighted by atomic mass is 10.2. The Bertz CT molecular complexity index is 514. The molecule has 0 atom stereocenters. The van der Waals surface area contributed by atoms with E-state index in [1.807, 2.05) is 0 Å². The number of nitro benzene ring substituents is 1. The number of nitrogens with zero attached hydrogens (tertiary/aromatic N) is 2. The van der Waals surface area contributed by atoms with Crippen molar-refractivity contribution in [1.82, 2.24) is 4.90 Å². The van der Waals surface area contributed by atoms with Crippen molar-refractivity contribution in [3.63, 3.8) is 0 Å². The highest BCUT2D eigenvalue weighted by atomic mass is 19.1. The number of benzene rings is 1. The number of amides is 2. The predicted molar refractivity (Wildman–Crippen MR) is 72.1 cm³/mol. The van der Waals surface area contributed by atoms with Crippen LogP contribution in [0.25, 0.3) is 0 Å². The Labute approximate surface area is 115 Å². The van der Waals surface area contributed by atoms with Gasteiger partial charge in [0.15, 0.2) is 0 Å². The minimum Gasteiger partial charge on any atom is -0.325 e. The predicted octanol–water partition coefficient (Wildman–Crippen LogP) is 3.14. The molecule has 7 heteroatoms. The molecule has 0 bridgehead atoms. The van der Waals surface area contributed by atoms with Crippen molar-refractivity contribution in [2.45, 2.75) is 25.7 Å². The number of urea groups is 1. The molecule has 1 fully saturated rings. The number of likely N-dealkylation sites (tertiary alicyclic amines) is 1. The van der Waals surface area contributed by atoms with Gasteiger partial charge >= 0.3 is 6.03 Å². The maximum absolute atomic E-state index is 13.2. The fraction of sp³-hybridized carbons (Fsp3) is 0.462. The third-order valence-electron chi connectivity index (χ3n) is 3.29. The zero-order chi connectivity index (χ0) is 14.5. The number of anilines is 1. The quantitative estimate of drug-likeness (QED) is 0.668. The number of hydrogen-bond donors (Lipinski definition) is 1. The van der Waals surface area contributed by atoms with Gasteiger partial charge in [-0.3, -0.25) is 10.1 Å². The van der Waals surface area contributed by atoms with Crippen molar-refractivity contribution >= 4 is 17.4 Å². The van der Waals surface area contributed by atoms with Gasteiger partial charge in [-0.1, -0.05) is 12.8 Å². The average Bonchev–Trinajstić information content (AvgIpc) is 2.67. The Balaban J connectivity index is 2.14. The lowest BCUT2D eigenvalue weighted by molar-refractivity contribution is -0.384. The molecule has 1 aliphatic rings. The van der Waals surface area contributed by atoms with E-state index in [1.165, 1.54) is 0 Å². The first kappa shape index (κ1) is 14.2. The molecule has 2 amide bonds. The Hall–Kier alpha value is -2.18. The summed E-state index contributed by atoms with van der Waals surface area (Å²) >= 11 is 0. The molecule has 6 nitrogen and oxygen atoms in total. The van der Waals surface area contributed by atoms with Crippen LogP contribution < -0.4 is 5.32 Å². The molecule has 20 heavy (non-hydrogen) atoms.